The molecule has 2 unspecified atom stereocenters. The second kappa shape index (κ2) is 4.53. The molecular weight excluding hydrogens is 250 g/mol. The molecule has 1 aliphatic rings. The summed E-state index contributed by atoms with van der Waals surface area (Å²) < 4.78 is 27.3. The maximum Gasteiger partial charge on any atom is 0.241 e. The number of benzene rings is 1. The van der Waals surface area contributed by atoms with Gasteiger partial charge in [-0.25, -0.2) is 13.1 Å². The van der Waals surface area contributed by atoms with Crippen LogP contribution in [0.5, 0.6) is 0 Å². The summed E-state index contributed by atoms with van der Waals surface area (Å²) >= 11 is 0. The fourth-order valence-electron chi connectivity index (χ4n) is 2.20. The third kappa shape index (κ3) is 2.50. The van der Waals surface area contributed by atoms with Crippen LogP contribution in [-0.2, 0) is 10.0 Å². The van der Waals surface area contributed by atoms with Gasteiger partial charge in [0.15, 0.2) is 0 Å². The van der Waals surface area contributed by atoms with Gasteiger partial charge in [0.05, 0.1) is 4.90 Å². The molecule has 0 bridgehead atoms. The SMILES string of the molecule is Cc1cc(NN)cc(C)c1S(=O)(=O)NC1CC1C. The van der Waals surface area contributed by atoms with Crippen LogP contribution in [0.15, 0.2) is 17.0 Å². The summed E-state index contributed by atoms with van der Waals surface area (Å²) in [5.41, 5.74) is 4.64. The van der Waals surface area contributed by atoms with Crippen LogP contribution < -0.4 is 16.0 Å². The molecule has 1 aromatic carbocycles. The van der Waals surface area contributed by atoms with Crippen LogP contribution >= 0.6 is 0 Å². The molecule has 0 aromatic heterocycles. The molecule has 4 N–H and O–H groups in total. The van der Waals surface area contributed by atoms with Crippen molar-refractivity contribution < 1.29 is 8.42 Å². The molecule has 6 heteroatoms. The van der Waals surface area contributed by atoms with Crippen LogP contribution in [0.3, 0.4) is 0 Å². The van der Waals surface area contributed by atoms with Crippen molar-refractivity contribution in [2.75, 3.05) is 5.43 Å². The Morgan fingerprint density at radius 3 is 2.17 bits per heavy atom. The highest BCUT2D eigenvalue weighted by atomic mass is 32.2. The Labute approximate surface area is 108 Å². The van der Waals surface area contributed by atoms with E-state index in [0.29, 0.717) is 27.6 Å². The molecule has 100 valence electrons. The van der Waals surface area contributed by atoms with Gasteiger partial charge >= 0.3 is 0 Å². The number of hydrogen-bond donors (Lipinski definition) is 3. The number of hydrazine groups is 1. The van der Waals surface area contributed by atoms with Gasteiger partial charge in [0.2, 0.25) is 10.0 Å². The number of sulfonamides is 1. The van der Waals surface area contributed by atoms with Crippen LogP contribution in [-0.4, -0.2) is 14.5 Å². The second-order valence-electron chi connectivity index (χ2n) is 5.02. The highest BCUT2D eigenvalue weighted by molar-refractivity contribution is 7.89. The zero-order chi connectivity index (χ0) is 13.5. The minimum atomic E-state index is -3.43. The number of hydrogen-bond acceptors (Lipinski definition) is 4. The smallest absolute Gasteiger partial charge is 0.241 e. The topological polar surface area (TPSA) is 84.2 Å². The van der Waals surface area contributed by atoms with E-state index in [0.717, 1.165) is 6.42 Å². The van der Waals surface area contributed by atoms with E-state index in [9.17, 15) is 8.42 Å². The Morgan fingerprint density at radius 2 is 1.78 bits per heavy atom. The van der Waals surface area contributed by atoms with Crippen LogP contribution in [0, 0.1) is 19.8 Å². The molecule has 1 aromatic rings. The standard InChI is InChI=1S/C12H19N3O2S/c1-7-6-11(7)15-18(16,17)12-8(2)4-10(14-13)5-9(12)3/h4-5,7,11,14-15H,6,13H2,1-3H3. The lowest BCUT2D eigenvalue weighted by molar-refractivity contribution is 0.577. The molecule has 2 rings (SSSR count). The molecular formula is C12H19N3O2S. The maximum atomic E-state index is 12.3. The van der Waals surface area contributed by atoms with Crippen molar-refractivity contribution in [2.24, 2.45) is 11.8 Å². The molecule has 0 saturated heterocycles. The quantitative estimate of drug-likeness (QED) is 0.568. The number of rotatable bonds is 4. The molecule has 18 heavy (non-hydrogen) atoms. The van der Waals surface area contributed by atoms with Gasteiger partial charge in [-0.15, -0.1) is 0 Å². The fourth-order valence-corrected chi connectivity index (χ4v) is 4.01. The van der Waals surface area contributed by atoms with E-state index < -0.39 is 10.0 Å². The molecule has 0 amide bonds. The largest absolute Gasteiger partial charge is 0.324 e. The van der Waals surface area contributed by atoms with Gasteiger partial charge in [0.25, 0.3) is 0 Å². The highest BCUT2D eigenvalue weighted by Gasteiger charge is 2.37. The van der Waals surface area contributed by atoms with Crippen molar-refractivity contribution in [2.45, 2.75) is 38.1 Å². The first-order chi connectivity index (χ1) is 8.35. The summed E-state index contributed by atoms with van der Waals surface area (Å²) in [4.78, 5) is 0.362. The van der Waals surface area contributed by atoms with E-state index in [1.54, 1.807) is 26.0 Å². The molecule has 0 spiro atoms. The van der Waals surface area contributed by atoms with Crippen molar-refractivity contribution in [3.63, 3.8) is 0 Å². The van der Waals surface area contributed by atoms with Crippen molar-refractivity contribution in [3.8, 4) is 0 Å². The highest BCUT2D eigenvalue weighted by Crippen LogP contribution is 2.32. The summed E-state index contributed by atoms with van der Waals surface area (Å²) in [7, 11) is -3.43. The number of anilines is 1. The Balaban J connectivity index is 2.38. The third-order valence-corrected chi connectivity index (χ3v) is 5.11. The molecule has 1 aliphatic carbocycles. The first-order valence-corrected chi connectivity index (χ1v) is 7.43. The van der Waals surface area contributed by atoms with E-state index in [2.05, 4.69) is 10.1 Å². The lowest BCUT2D eigenvalue weighted by Crippen LogP contribution is -2.28. The Bertz CT molecular complexity index is 546. The molecule has 1 saturated carbocycles. The van der Waals surface area contributed by atoms with Gasteiger partial charge in [-0.05, 0) is 49.4 Å². The predicted molar refractivity (Wildman–Crippen MR) is 71.6 cm³/mol. The van der Waals surface area contributed by atoms with Gasteiger partial charge in [0.1, 0.15) is 0 Å². The van der Waals surface area contributed by atoms with Crippen molar-refractivity contribution in [1.29, 1.82) is 0 Å². The average Bonchev–Trinajstić information content (AvgIpc) is 2.91. The number of nitrogens with two attached hydrogens (primary N) is 1. The summed E-state index contributed by atoms with van der Waals surface area (Å²) in [6.07, 6.45) is 0.916. The minimum Gasteiger partial charge on any atom is -0.324 e. The molecule has 0 aliphatic heterocycles. The fraction of sp³-hybridized carbons (Fsp3) is 0.500. The third-order valence-electron chi connectivity index (χ3n) is 3.31. The van der Waals surface area contributed by atoms with E-state index in [1.165, 1.54) is 0 Å². The van der Waals surface area contributed by atoms with Crippen LogP contribution in [0.25, 0.3) is 0 Å². The molecule has 5 nitrogen and oxygen atoms in total. The number of nitrogen functional groups attached to an aromatic ring is 1. The molecule has 0 heterocycles. The van der Waals surface area contributed by atoms with Crippen molar-refractivity contribution >= 4 is 15.7 Å². The molecule has 1 fully saturated rings. The Kier molecular flexibility index (Phi) is 3.35. The zero-order valence-corrected chi connectivity index (χ0v) is 11.6. The molecule has 2 atom stereocenters. The van der Waals surface area contributed by atoms with Gasteiger partial charge in [-0.3, -0.25) is 5.84 Å². The van der Waals surface area contributed by atoms with E-state index in [-0.39, 0.29) is 6.04 Å². The van der Waals surface area contributed by atoms with Crippen molar-refractivity contribution in [3.05, 3.63) is 23.3 Å². The van der Waals surface area contributed by atoms with E-state index in [1.807, 2.05) is 6.92 Å². The Morgan fingerprint density at radius 1 is 1.28 bits per heavy atom. The summed E-state index contributed by atoms with van der Waals surface area (Å²) in [6, 6.07) is 3.55. The van der Waals surface area contributed by atoms with Gasteiger partial charge < -0.3 is 5.43 Å². The zero-order valence-electron chi connectivity index (χ0n) is 10.8. The van der Waals surface area contributed by atoms with Crippen LogP contribution in [0.1, 0.15) is 24.5 Å². The lowest BCUT2D eigenvalue weighted by Gasteiger charge is -2.13. The number of aryl methyl sites for hydroxylation is 2. The van der Waals surface area contributed by atoms with Gasteiger partial charge in [-0.1, -0.05) is 6.92 Å². The van der Waals surface area contributed by atoms with Gasteiger partial charge in [0, 0.05) is 11.7 Å². The predicted octanol–water partition coefficient (Wildman–Crippen LogP) is 1.28. The van der Waals surface area contributed by atoms with E-state index >= 15 is 0 Å². The van der Waals surface area contributed by atoms with E-state index in [4.69, 9.17) is 5.84 Å². The lowest BCUT2D eigenvalue weighted by atomic mass is 10.1. The first kappa shape index (κ1) is 13.3. The summed E-state index contributed by atoms with van der Waals surface area (Å²) in [5, 5.41) is 0. The summed E-state index contributed by atoms with van der Waals surface area (Å²) in [6.45, 7) is 5.59. The van der Waals surface area contributed by atoms with Gasteiger partial charge in [-0.2, -0.15) is 0 Å². The summed E-state index contributed by atoms with van der Waals surface area (Å²) in [5.74, 6) is 5.78. The second-order valence-corrected chi connectivity index (χ2v) is 6.68. The normalized spacial score (nSPS) is 22.9. The Hall–Kier alpha value is -1.11. The first-order valence-electron chi connectivity index (χ1n) is 5.95. The maximum absolute atomic E-state index is 12.3. The number of nitrogens with one attached hydrogen (secondary N) is 2. The minimum absolute atomic E-state index is 0.0844. The molecule has 0 radical (unpaired) electrons. The van der Waals surface area contributed by atoms with Crippen molar-refractivity contribution in [1.82, 2.24) is 4.72 Å². The average molecular weight is 269 g/mol. The monoisotopic (exact) mass is 269 g/mol. The van der Waals surface area contributed by atoms with Crippen LogP contribution in [0.2, 0.25) is 0 Å². The van der Waals surface area contributed by atoms with Crippen LogP contribution in [0.4, 0.5) is 5.69 Å².